The number of hydrogen-bond donors (Lipinski definition) is 1. The van der Waals surface area contributed by atoms with Crippen LogP contribution in [-0.2, 0) is 9.59 Å². The number of anilines is 2. The summed E-state index contributed by atoms with van der Waals surface area (Å²) in [5.74, 6) is 0.785. The summed E-state index contributed by atoms with van der Waals surface area (Å²) in [7, 11) is 0. The monoisotopic (exact) mass is 338 g/mol. The van der Waals surface area contributed by atoms with Gasteiger partial charge in [-0.05, 0) is 0 Å². The molecule has 0 unspecified atom stereocenters. The van der Waals surface area contributed by atoms with Crippen molar-refractivity contribution in [2.75, 3.05) is 49.9 Å². The molecule has 2 N–H and O–H groups in total. The van der Waals surface area contributed by atoms with Crippen molar-refractivity contribution in [3.8, 4) is 0 Å². The van der Waals surface area contributed by atoms with Gasteiger partial charge in [-0.15, -0.1) is 0 Å². The molecule has 2 aliphatic rings. The molecule has 0 radical (unpaired) electrons. The molecule has 0 bridgehead atoms. The third kappa shape index (κ3) is 3.70. The highest BCUT2D eigenvalue weighted by molar-refractivity contribution is 6.29. The number of likely N-dealkylation sites (tertiary alicyclic amines) is 1. The first-order chi connectivity index (χ1) is 11.0. The summed E-state index contributed by atoms with van der Waals surface area (Å²) in [6.45, 7) is 4.42. The molecule has 3 heterocycles. The van der Waals surface area contributed by atoms with E-state index in [1.165, 1.54) is 4.90 Å². The molecule has 0 aliphatic carbocycles. The molecular formula is C14H19ClN6O2. The van der Waals surface area contributed by atoms with Crippen LogP contribution in [0.1, 0.15) is 12.8 Å². The summed E-state index contributed by atoms with van der Waals surface area (Å²) >= 11 is 5.91. The number of carbonyl (C=O) groups excluding carboxylic acids is 2. The van der Waals surface area contributed by atoms with E-state index in [0.29, 0.717) is 31.1 Å². The van der Waals surface area contributed by atoms with Crippen molar-refractivity contribution in [1.82, 2.24) is 19.8 Å². The Hall–Kier alpha value is -1.93. The first kappa shape index (κ1) is 15.9. The summed E-state index contributed by atoms with van der Waals surface area (Å²) in [6, 6.07) is 1.70. The van der Waals surface area contributed by atoms with E-state index in [2.05, 4.69) is 19.8 Å². The molecule has 2 saturated heterocycles. The fraction of sp³-hybridized carbons (Fsp3) is 0.571. The van der Waals surface area contributed by atoms with Crippen molar-refractivity contribution in [2.45, 2.75) is 12.8 Å². The number of nitrogens with two attached hydrogens (primary N) is 1. The second kappa shape index (κ2) is 6.67. The Morgan fingerprint density at radius 3 is 2.30 bits per heavy atom. The first-order valence-electron chi connectivity index (χ1n) is 7.63. The van der Waals surface area contributed by atoms with E-state index in [1.807, 2.05) is 0 Å². The SMILES string of the molecule is Nc1nc(Cl)cc(N2CCN(CCN3C(=O)CCC3=O)CC2)n1. The number of halogens is 1. The Labute approximate surface area is 139 Å². The van der Waals surface area contributed by atoms with Crippen LogP contribution >= 0.6 is 11.6 Å². The van der Waals surface area contributed by atoms with E-state index in [9.17, 15) is 9.59 Å². The summed E-state index contributed by atoms with van der Waals surface area (Å²) in [6.07, 6.45) is 0.699. The zero-order valence-electron chi connectivity index (χ0n) is 12.7. The van der Waals surface area contributed by atoms with Gasteiger partial charge in [-0.2, -0.15) is 4.98 Å². The van der Waals surface area contributed by atoms with E-state index < -0.39 is 0 Å². The topological polar surface area (TPSA) is 95.7 Å². The minimum atomic E-state index is -0.0558. The lowest BCUT2D eigenvalue weighted by Crippen LogP contribution is -2.49. The Morgan fingerprint density at radius 2 is 1.70 bits per heavy atom. The third-order valence-electron chi connectivity index (χ3n) is 4.19. The van der Waals surface area contributed by atoms with Gasteiger partial charge in [0.05, 0.1) is 0 Å². The van der Waals surface area contributed by atoms with Crippen LogP contribution < -0.4 is 10.6 Å². The van der Waals surface area contributed by atoms with Crippen molar-refractivity contribution in [3.05, 3.63) is 11.2 Å². The quantitative estimate of drug-likeness (QED) is 0.609. The molecule has 1 aromatic heterocycles. The lowest BCUT2D eigenvalue weighted by molar-refractivity contribution is -0.138. The summed E-state index contributed by atoms with van der Waals surface area (Å²) in [5.41, 5.74) is 5.62. The van der Waals surface area contributed by atoms with Crippen molar-refractivity contribution in [2.24, 2.45) is 0 Å². The predicted molar refractivity (Wildman–Crippen MR) is 86.1 cm³/mol. The highest BCUT2D eigenvalue weighted by Gasteiger charge is 2.29. The second-order valence-electron chi connectivity index (χ2n) is 5.67. The minimum absolute atomic E-state index is 0.0558. The molecule has 2 fully saturated rings. The van der Waals surface area contributed by atoms with Gasteiger partial charge in [-0.1, -0.05) is 11.6 Å². The van der Waals surface area contributed by atoms with Gasteiger partial charge in [-0.25, -0.2) is 4.98 Å². The average molecular weight is 339 g/mol. The number of hydrogen-bond acceptors (Lipinski definition) is 7. The second-order valence-corrected chi connectivity index (χ2v) is 6.06. The molecule has 23 heavy (non-hydrogen) atoms. The number of piperazine rings is 1. The zero-order chi connectivity index (χ0) is 16.4. The highest BCUT2D eigenvalue weighted by Crippen LogP contribution is 2.19. The molecule has 0 aromatic carbocycles. The molecule has 0 spiro atoms. The van der Waals surface area contributed by atoms with Crippen molar-refractivity contribution < 1.29 is 9.59 Å². The standard InChI is InChI=1S/C14H19ClN6O2/c15-10-9-11(18-14(16)17-10)20-6-3-19(4-7-20)5-8-21-12(22)1-2-13(21)23/h9H,1-8H2,(H2,16,17,18). The fourth-order valence-corrected chi connectivity index (χ4v) is 3.08. The largest absolute Gasteiger partial charge is 0.368 e. The smallest absolute Gasteiger partial charge is 0.229 e. The number of carbonyl (C=O) groups is 2. The lowest BCUT2D eigenvalue weighted by Gasteiger charge is -2.35. The number of imide groups is 1. The van der Waals surface area contributed by atoms with Crippen molar-refractivity contribution >= 4 is 35.2 Å². The third-order valence-corrected chi connectivity index (χ3v) is 4.38. The van der Waals surface area contributed by atoms with Gasteiger partial charge in [0, 0.05) is 58.2 Å². The number of nitrogen functional groups attached to an aromatic ring is 1. The molecule has 0 atom stereocenters. The van der Waals surface area contributed by atoms with Crippen LogP contribution in [0.4, 0.5) is 11.8 Å². The van der Waals surface area contributed by atoms with E-state index >= 15 is 0 Å². The van der Waals surface area contributed by atoms with Gasteiger partial charge in [0.15, 0.2) is 0 Å². The molecule has 1 aromatic rings. The van der Waals surface area contributed by atoms with Crippen molar-refractivity contribution in [1.29, 1.82) is 0 Å². The van der Waals surface area contributed by atoms with Gasteiger partial charge in [-0.3, -0.25) is 19.4 Å². The average Bonchev–Trinajstić information content (AvgIpc) is 2.83. The van der Waals surface area contributed by atoms with Gasteiger partial charge < -0.3 is 10.6 Å². The molecule has 124 valence electrons. The first-order valence-corrected chi connectivity index (χ1v) is 8.01. The van der Waals surface area contributed by atoms with Crippen LogP contribution in [0.15, 0.2) is 6.07 Å². The normalized spacial score (nSPS) is 19.7. The lowest BCUT2D eigenvalue weighted by atomic mass is 10.3. The van der Waals surface area contributed by atoms with Crippen LogP contribution in [0.3, 0.4) is 0 Å². The zero-order valence-corrected chi connectivity index (χ0v) is 13.5. The summed E-state index contributed by atoms with van der Waals surface area (Å²) < 4.78 is 0. The highest BCUT2D eigenvalue weighted by atomic mass is 35.5. The summed E-state index contributed by atoms with van der Waals surface area (Å²) in [5, 5.41) is 0.334. The maximum Gasteiger partial charge on any atom is 0.229 e. The number of rotatable bonds is 4. The Bertz CT molecular complexity index is 581. The molecule has 9 heteroatoms. The number of aromatic nitrogens is 2. The Kier molecular flexibility index (Phi) is 4.63. The molecular weight excluding hydrogens is 320 g/mol. The number of amides is 2. The van der Waals surface area contributed by atoms with E-state index in [0.717, 1.165) is 32.0 Å². The molecule has 8 nitrogen and oxygen atoms in total. The number of nitrogens with zero attached hydrogens (tertiary/aromatic N) is 5. The maximum absolute atomic E-state index is 11.6. The molecule has 2 amide bonds. The minimum Gasteiger partial charge on any atom is -0.368 e. The molecule has 2 aliphatic heterocycles. The van der Waals surface area contributed by atoms with Gasteiger partial charge in [0.1, 0.15) is 11.0 Å². The summed E-state index contributed by atoms with van der Waals surface area (Å²) in [4.78, 5) is 37.0. The molecule has 3 rings (SSSR count). The van der Waals surface area contributed by atoms with Crippen LogP contribution in [0.2, 0.25) is 5.15 Å². The Morgan fingerprint density at radius 1 is 1.04 bits per heavy atom. The van der Waals surface area contributed by atoms with Crippen LogP contribution in [0, 0.1) is 0 Å². The van der Waals surface area contributed by atoms with Gasteiger partial charge >= 0.3 is 0 Å². The fourth-order valence-electron chi connectivity index (χ4n) is 2.90. The maximum atomic E-state index is 11.6. The van der Waals surface area contributed by atoms with Crippen LogP contribution in [0.5, 0.6) is 0 Å². The van der Waals surface area contributed by atoms with Gasteiger partial charge in [0.2, 0.25) is 17.8 Å². The Balaban J connectivity index is 1.50. The molecule has 0 saturated carbocycles. The van der Waals surface area contributed by atoms with E-state index in [4.69, 9.17) is 17.3 Å². The predicted octanol–water partition coefficient (Wildman–Crippen LogP) is -0.0168. The van der Waals surface area contributed by atoms with Crippen LogP contribution in [0.25, 0.3) is 0 Å². The van der Waals surface area contributed by atoms with E-state index in [1.54, 1.807) is 6.07 Å². The van der Waals surface area contributed by atoms with E-state index in [-0.39, 0.29) is 17.8 Å². The van der Waals surface area contributed by atoms with Crippen LogP contribution in [-0.4, -0.2) is 70.9 Å². The van der Waals surface area contributed by atoms with Crippen molar-refractivity contribution in [3.63, 3.8) is 0 Å². The van der Waals surface area contributed by atoms with Gasteiger partial charge in [0.25, 0.3) is 0 Å².